The molecule has 19 heavy (non-hydrogen) atoms. The summed E-state index contributed by atoms with van der Waals surface area (Å²) in [6, 6.07) is 5.95. The van der Waals surface area contributed by atoms with E-state index < -0.39 is 0 Å². The molecule has 0 radical (unpaired) electrons. The van der Waals surface area contributed by atoms with Crippen LogP contribution in [0.5, 0.6) is 11.5 Å². The van der Waals surface area contributed by atoms with Crippen molar-refractivity contribution >= 4 is 17.0 Å². The molecule has 1 aromatic heterocycles. The van der Waals surface area contributed by atoms with Gasteiger partial charge in [0.15, 0.2) is 11.5 Å². The summed E-state index contributed by atoms with van der Waals surface area (Å²) < 4.78 is 11.1. The third-order valence-electron chi connectivity index (χ3n) is 2.88. The van der Waals surface area contributed by atoms with E-state index in [9.17, 15) is 0 Å². The number of rotatable bonds is 4. The summed E-state index contributed by atoms with van der Waals surface area (Å²) in [6.07, 6.45) is 0.937. The van der Waals surface area contributed by atoms with Crippen LogP contribution in [0.3, 0.4) is 0 Å². The molecule has 2 aromatic rings. The lowest BCUT2D eigenvalue weighted by Gasteiger charge is -2.19. The van der Waals surface area contributed by atoms with Gasteiger partial charge in [-0.1, -0.05) is 0 Å². The molecule has 0 amide bonds. The number of hydrogen-bond acceptors (Lipinski definition) is 5. The molecule has 0 atom stereocenters. The van der Waals surface area contributed by atoms with Gasteiger partial charge in [0.2, 0.25) is 0 Å². The zero-order valence-electron chi connectivity index (χ0n) is 10.8. The van der Waals surface area contributed by atoms with E-state index >= 15 is 0 Å². The van der Waals surface area contributed by atoms with Crippen molar-refractivity contribution in [3.63, 3.8) is 0 Å². The number of fused-ring (bicyclic) bond motifs is 1. The maximum absolute atomic E-state index is 5.56. The predicted octanol–water partition coefficient (Wildman–Crippen LogP) is 2.88. The van der Waals surface area contributed by atoms with Crippen LogP contribution >= 0.6 is 11.3 Å². The van der Waals surface area contributed by atoms with Crippen molar-refractivity contribution in [3.05, 3.63) is 34.3 Å². The number of thiazole rings is 1. The molecule has 1 aliphatic heterocycles. The lowest BCUT2D eigenvalue weighted by Crippen LogP contribution is -2.15. The van der Waals surface area contributed by atoms with Crippen molar-refractivity contribution < 1.29 is 9.47 Å². The molecule has 0 unspecified atom stereocenters. The van der Waals surface area contributed by atoms with Gasteiger partial charge in [-0.3, -0.25) is 0 Å². The van der Waals surface area contributed by atoms with E-state index in [-0.39, 0.29) is 0 Å². The van der Waals surface area contributed by atoms with E-state index in [2.05, 4.69) is 15.7 Å². The summed E-state index contributed by atoms with van der Waals surface area (Å²) in [5.41, 5.74) is 2.15. The van der Waals surface area contributed by atoms with Gasteiger partial charge in [0, 0.05) is 35.8 Å². The van der Waals surface area contributed by atoms with Crippen LogP contribution in [-0.2, 0) is 6.42 Å². The Morgan fingerprint density at radius 1 is 1.26 bits per heavy atom. The highest BCUT2D eigenvalue weighted by atomic mass is 32.1. The number of aromatic nitrogens is 1. The van der Waals surface area contributed by atoms with E-state index in [4.69, 9.17) is 9.47 Å². The first kappa shape index (κ1) is 12.3. The van der Waals surface area contributed by atoms with Gasteiger partial charge >= 0.3 is 0 Å². The Kier molecular flexibility index (Phi) is 3.55. The zero-order chi connectivity index (χ0) is 13.1. The van der Waals surface area contributed by atoms with Crippen LogP contribution in [0.25, 0.3) is 0 Å². The first-order valence-corrected chi connectivity index (χ1v) is 7.24. The summed E-state index contributed by atoms with van der Waals surface area (Å²) in [7, 11) is 0. The zero-order valence-corrected chi connectivity index (χ0v) is 11.6. The fraction of sp³-hybridized carbons (Fsp3) is 0.357. The molecule has 100 valence electrons. The highest BCUT2D eigenvalue weighted by Gasteiger charge is 2.11. The van der Waals surface area contributed by atoms with E-state index in [1.807, 2.05) is 25.1 Å². The van der Waals surface area contributed by atoms with Gasteiger partial charge in [-0.05, 0) is 19.1 Å². The van der Waals surface area contributed by atoms with Crippen molar-refractivity contribution in [3.8, 4) is 11.5 Å². The number of nitrogens with one attached hydrogen (secondary N) is 1. The Bertz CT molecular complexity index is 568. The Morgan fingerprint density at radius 2 is 2.11 bits per heavy atom. The Hall–Kier alpha value is -1.75. The average Bonchev–Trinajstić information content (AvgIpc) is 2.84. The highest BCUT2D eigenvalue weighted by Crippen LogP contribution is 2.32. The minimum absolute atomic E-state index is 0.620. The second-order valence-corrected chi connectivity index (χ2v) is 5.36. The quantitative estimate of drug-likeness (QED) is 0.932. The van der Waals surface area contributed by atoms with Crippen LogP contribution in [0, 0.1) is 6.92 Å². The fourth-order valence-corrected chi connectivity index (χ4v) is 2.76. The molecular weight excluding hydrogens is 260 g/mol. The number of anilines is 1. The van der Waals surface area contributed by atoms with Crippen molar-refractivity contribution in [2.24, 2.45) is 0 Å². The molecule has 4 nitrogen and oxygen atoms in total. The Labute approximate surface area is 116 Å². The average molecular weight is 276 g/mol. The first-order chi connectivity index (χ1) is 9.31. The van der Waals surface area contributed by atoms with Gasteiger partial charge < -0.3 is 14.8 Å². The Morgan fingerprint density at radius 3 is 2.89 bits per heavy atom. The third kappa shape index (κ3) is 2.98. The van der Waals surface area contributed by atoms with Crippen LogP contribution in [0.15, 0.2) is 23.6 Å². The molecular formula is C14H16N2O2S. The van der Waals surface area contributed by atoms with Crippen LogP contribution < -0.4 is 14.8 Å². The van der Waals surface area contributed by atoms with Crippen LogP contribution in [0.4, 0.5) is 5.69 Å². The number of ether oxygens (including phenoxy) is 2. The second kappa shape index (κ2) is 5.48. The topological polar surface area (TPSA) is 43.4 Å². The summed E-state index contributed by atoms with van der Waals surface area (Å²) in [4.78, 5) is 4.45. The SMILES string of the molecule is Cc1csc(CCNc2ccc3c(c2)OCCO3)n1. The van der Waals surface area contributed by atoms with Gasteiger partial charge in [-0.15, -0.1) is 11.3 Å². The van der Waals surface area contributed by atoms with Crippen molar-refractivity contribution in [1.82, 2.24) is 4.98 Å². The van der Waals surface area contributed by atoms with E-state index in [1.165, 1.54) is 5.01 Å². The molecule has 2 heterocycles. The second-order valence-electron chi connectivity index (χ2n) is 4.42. The van der Waals surface area contributed by atoms with Crippen molar-refractivity contribution in [1.29, 1.82) is 0 Å². The van der Waals surface area contributed by atoms with Gasteiger partial charge in [0.25, 0.3) is 0 Å². The maximum Gasteiger partial charge on any atom is 0.163 e. The fourth-order valence-electron chi connectivity index (χ4n) is 1.98. The van der Waals surface area contributed by atoms with Crippen LogP contribution in [-0.4, -0.2) is 24.7 Å². The first-order valence-electron chi connectivity index (χ1n) is 6.36. The predicted molar refractivity (Wildman–Crippen MR) is 76.5 cm³/mol. The van der Waals surface area contributed by atoms with Gasteiger partial charge in [0.1, 0.15) is 13.2 Å². The van der Waals surface area contributed by atoms with E-state index in [0.29, 0.717) is 13.2 Å². The maximum atomic E-state index is 5.56. The molecule has 0 aliphatic carbocycles. The number of benzene rings is 1. The summed E-state index contributed by atoms with van der Waals surface area (Å²) in [5.74, 6) is 1.65. The molecule has 0 saturated carbocycles. The molecule has 5 heteroatoms. The van der Waals surface area contributed by atoms with Crippen molar-refractivity contribution in [2.75, 3.05) is 25.1 Å². The number of aryl methyl sites for hydroxylation is 1. The molecule has 0 fully saturated rings. The number of nitrogens with zero attached hydrogens (tertiary/aromatic N) is 1. The lowest BCUT2D eigenvalue weighted by molar-refractivity contribution is 0.171. The number of hydrogen-bond donors (Lipinski definition) is 1. The van der Waals surface area contributed by atoms with Crippen LogP contribution in [0.1, 0.15) is 10.7 Å². The molecule has 0 saturated heterocycles. The van der Waals surface area contributed by atoms with Gasteiger partial charge in [0.05, 0.1) is 5.01 Å². The third-order valence-corrected chi connectivity index (χ3v) is 3.90. The molecule has 1 aromatic carbocycles. The molecule has 1 aliphatic rings. The summed E-state index contributed by atoms with van der Waals surface area (Å²) in [5, 5.41) is 6.64. The molecule has 0 bridgehead atoms. The monoisotopic (exact) mass is 276 g/mol. The highest BCUT2D eigenvalue weighted by molar-refractivity contribution is 7.09. The van der Waals surface area contributed by atoms with E-state index in [1.54, 1.807) is 11.3 Å². The standard InChI is InChI=1S/C14H16N2O2S/c1-10-9-19-14(16-10)4-5-15-11-2-3-12-13(8-11)18-7-6-17-12/h2-3,8-9,15H,4-7H2,1H3. The largest absolute Gasteiger partial charge is 0.486 e. The molecule has 0 spiro atoms. The molecule has 3 rings (SSSR count). The summed E-state index contributed by atoms with van der Waals surface area (Å²) in [6.45, 7) is 4.14. The minimum atomic E-state index is 0.620. The van der Waals surface area contributed by atoms with Gasteiger partial charge in [-0.25, -0.2) is 4.98 Å². The summed E-state index contributed by atoms with van der Waals surface area (Å²) >= 11 is 1.71. The normalized spacial score (nSPS) is 13.3. The van der Waals surface area contributed by atoms with Crippen molar-refractivity contribution in [2.45, 2.75) is 13.3 Å². The smallest absolute Gasteiger partial charge is 0.163 e. The van der Waals surface area contributed by atoms with Crippen LogP contribution in [0.2, 0.25) is 0 Å². The van der Waals surface area contributed by atoms with E-state index in [0.717, 1.165) is 35.8 Å². The Balaban J connectivity index is 1.58. The minimum Gasteiger partial charge on any atom is -0.486 e. The molecule has 1 N–H and O–H groups in total. The lowest BCUT2D eigenvalue weighted by atomic mass is 10.2. The van der Waals surface area contributed by atoms with Gasteiger partial charge in [-0.2, -0.15) is 0 Å².